The quantitative estimate of drug-likeness (QED) is 0.725. The highest BCUT2D eigenvalue weighted by Gasteiger charge is 2.40. The monoisotopic (exact) mass is 398 g/mol. The van der Waals surface area contributed by atoms with Crippen molar-refractivity contribution in [3.05, 3.63) is 65.5 Å². The van der Waals surface area contributed by atoms with Crippen LogP contribution in [-0.4, -0.2) is 43.5 Å². The topological polar surface area (TPSA) is 58.6 Å². The second-order valence-corrected chi connectivity index (χ2v) is 7.35. The molecule has 1 fully saturated rings. The molecule has 1 aliphatic heterocycles. The zero-order chi connectivity index (χ0) is 20.8. The molecule has 0 radical (unpaired) electrons. The molecule has 0 aliphatic carbocycles. The number of nitrogens with zero attached hydrogens (tertiary/aromatic N) is 1. The predicted molar refractivity (Wildman–Crippen MR) is 109 cm³/mol. The number of hydrogen-bond acceptors (Lipinski definition) is 3. The Balaban J connectivity index is 1.83. The van der Waals surface area contributed by atoms with Crippen LogP contribution in [0.15, 0.2) is 48.5 Å². The standard InChI is InChI=1S/C23H27FN2O3/c1-3-4-12-25-22(27)21-15-26(23(28)16-8-10-18(24)11-9-16)14-20(21)17-6-5-7-19(13-17)29-2/h5-11,13,20-21H,3-4,12,14-15H2,1-2H3,(H,25,27)/t20-,21-/m0/s1. The van der Waals surface area contributed by atoms with Gasteiger partial charge in [-0.25, -0.2) is 4.39 Å². The van der Waals surface area contributed by atoms with Gasteiger partial charge < -0.3 is 15.0 Å². The Morgan fingerprint density at radius 2 is 1.93 bits per heavy atom. The van der Waals surface area contributed by atoms with Crippen LogP contribution in [0.1, 0.15) is 41.6 Å². The molecule has 0 spiro atoms. The van der Waals surface area contributed by atoms with Gasteiger partial charge in [-0.2, -0.15) is 0 Å². The average Bonchev–Trinajstić information content (AvgIpc) is 3.19. The van der Waals surface area contributed by atoms with Crippen LogP contribution in [0.4, 0.5) is 4.39 Å². The number of amides is 2. The molecule has 1 N–H and O–H groups in total. The third-order valence-corrected chi connectivity index (χ3v) is 5.39. The first-order valence-corrected chi connectivity index (χ1v) is 10.00. The number of hydrogen-bond donors (Lipinski definition) is 1. The average molecular weight is 398 g/mol. The number of ether oxygens (including phenoxy) is 1. The third kappa shape index (κ3) is 4.94. The lowest BCUT2D eigenvalue weighted by Gasteiger charge is -2.18. The summed E-state index contributed by atoms with van der Waals surface area (Å²) >= 11 is 0. The molecule has 0 unspecified atom stereocenters. The fourth-order valence-electron chi connectivity index (χ4n) is 3.74. The Labute approximate surface area is 170 Å². The number of methoxy groups -OCH3 is 1. The lowest BCUT2D eigenvalue weighted by molar-refractivity contribution is -0.124. The number of rotatable bonds is 7. The molecule has 2 aromatic carbocycles. The molecule has 1 heterocycles. The van der Waals surface area contributed by atoms with E-state index < -0.39 is 0 Å². The molecule has 0 saturated carbocycles. The second kappa shape index (κ2) is 9.54. The fourth-order valence-corrected chi connectivity index (χ4v) is 3.74. The van der Waals surface area contributed by atoms with Crippen molar-refractivity contribution in [3.8, 4) is 5.75 Å². The molecule has 5 nitrogen and oxygen atoms in total. The number of halogens is 1. The molecule has 2 amide bonds. The van der Waals surface area contributed by atoms with E-state index >= 15 is 0 Å². The van der Waals surface area contributed by atoms with Gasteiger partial charge in [-0.1, -0.05) is 25.5 Å². The van der Waals surface area contributed by atoms with Gasteiger partial charge in [0.1, 0.15) is 11.6 Å². The van der Waals surface area contributed by atoms with E-state index in [1.54, 1.807) is 12.0 Å². The maximum Gasteiger partial charge on any atom is 0.253 e. The van der Waals surface area contributed by atoms with Crippen molar-refractivity contribution in [1.29, 1.82) is 0 Å². The summed E-state index contributed by atoms with van der Waals surface area (Å²) in [5, 5.41) is 3.00. The SMILES string of the molecule is CCCCNC(=O)[C@H]1CN(C(=O)c2ccc(F)cc2)C[C@H]1c1cccc(OC)c1. The smallest absolute Gasteiger partial charge is 0.253 e. The zero-order valence-electron chi connectivity index (χ0n) is 16.9. The van der Waals surface area contributed by atoms with E-state index in [-0.39, 0.29) is 29.5 Å². The van der Waals surface area contributed by atoms with E-state index in [0.29, 0.717) is 25.2 Å². The van der Waals surface area contributed by atoms with E-state index in [2.05, 4.69) is 12.2 Å². The normalized spacial score (nSPS) is 18.5. The lowest BCUT2D eigenvalue weighted by Crippen LogP contribution is -2.36. The molecule has 6 heteroatoms. The molecule has 2 aromatic rings. The van der Waals surface area contributed by atoms with Gasteiger partial charge in [0.05, 0.1) is 13.0 Å². The molecule has 29 heavy (non-hydrogen) atoms. The molecule has 1 saturated heterocycles. The van der Waals surface area contributed by atoms with E-state index in [4.69, 9.17) is 4.74 Å². The van der Waals surface area contributed by atoms with Crippen molar-refractivity contribution in [2.24, 2.45) is 5.92 Å². The number of carbonyl (C=O) groups is 2. The molecular formula is C23H27FN2O3. The highest BCUT2D eigenvalue weighted by atomic mass is 19.1. The van der Waals surface area contributed by atoms with Gasteiger partial charge in [0.25, 0.3) is 5.91 Å². The van der Waals surface area contributed by atoms with Gasteiger partial charge in [0, 0.05) is 31.1 Å². The Morgan fingerprint density at radius 1 is 1.17 bits per heavy atom. The molecule has 3 rings (SSSR count). The molecule has 1 aliphatic rings. The van der Waals surface area contributed by atoms with Crippen LogP contribution >= 0.6 is 0 Å². The molecule has 2 atom stereocenters. The number of unbranched alkanes of at least 4 members (excludes halogenated alkanes) is 1. The largest absolute Gasteiger partial charge is 0.497 e. The summed E-state index contributed by atoms with van der Waals surface area (Å²) in [5.74, 6) is -0.372. The molecular weight excluding hydrogens is 371 g/mol. The first kappa shape index (κ1) is 20.8. The lowest BCUT2D eigenvalue weighted by atomic mass is 9.88. The van der Waals surface area contributed by atoms with Crippen LogP contribution in [0, 0.1) is 11.7 Å². The van der Waals surface area contributed by atoms with Gasteiger partial charge in [0.15, 0.2) is 0 Å². The second-order valence-electron chi connectivity index (χ2n) is 7.35. The highest BCUT2D eigenvalue weighted by Crippen LogP contribution is 2.35. The van der Waals surface area contributed by atoms with Crippen molar-refractivity contribution >= 4 is 11.8 Å². The van der Waals surface area contributed by atoms with Crippen LogP contribution in [-0.2, 0) is 4.79 Å². The van der Waals surface area contributed by atoms with Crippen molar-refractivity contribution < 1.29 is 18.7 Å². The van der Waals surface area contributed by atoms with Crippen molar-refractivity contribution in [3.63, 3.8) is 0 Å². The van der Waals surface area contributed by atoms with Crippen LogP contribution in [0.5, 0.6) is 5.75 Å². The van der Waals surface area contributed by atoms with Gasteiger partial charge in [0.2, 0.25) is 5.91 Å². The first-order chi connectivity index (χ1) is 14.0. The van der Waals surface area contributed by atoms with Gasteiger partial charge in [-0.05, 0) is 48.4 Å². The summed E-state index contributed by atoms with van der Waals surface area (Å²) < 4.78 is 18.5. The number of carbonyl (C=O) groups excluding carboxylic acids is 2. The van der Waals surface area contributed by atoms with E-state index in [9.17, 15) is 14.0 Å². The molecule has 0 aromatic heterocycles. The van der Waals surface area contributed by atoms with Gasteiger partial charge in [-0.3, -0.25) is 9.59 Å². The number of nitrogens with one attached hydrogen (secondary N) is 1. The Bertz CT molecular complexity index is 853. The minimum absolute atomic E-state index is 0.0410. The van der Waals surface area contributed by atoms with Crippen LogP contribution in [0.3, 0.4) is 0 Å². The van der Waals surface area contributed by atoms with Crippen molar-refractivity contribution in [1.82, 2.24) is 10.2 Å². The Kier molecular flexibility index (Phi) is 6.86. The van der Waals surface area contributed by atoms with Crippen molar-refractivity contribution in [2.45, 2.75) is 25.7 Å². The fraction of sp³-hybridized carbons (Fsp3) is 0.391. The predicted octanol–water partition coefficient (Wildman–Crippen LogP) is 3.61. The highest BCUT2D eigenvalue weighted by molar-refractivity contribution is 5.95. The summed E-state index contributed by atoms with van der Waals surface area (Å²) in [5.41, 5.74) is 1.39. The summed E-state index contributed by atoms with van der Waals surface area (Å²) in [4.78, 5) is 27.5. The number of benzene rings is 2. The van der Waals surface area contributed by atoms with Crippen molar-refractivity contribution in [2.75, 3.05) is 26.7 Å². The van der Waals surface area contributed by atoms with Crippen LogP contribution < -0.4 is 10.1 Å². The van der Waals surface area contributed by atoms with Crippen LogP contribution in [0.2, 0.25) is 0 Å². The van der Waals surface area contributed by atoms with Gasteiger partial charge in [-0.15, -0.1) is 0 Å². The summed E-state index contributed by atoms with van der Waals surface area (Å²) in [6, 6.07) is 13.1. The Morgan fingerprint density at radius 3 is 2.62 bits per heavy atom. The summed E-state index contributed by atoms with van der Waals surface area (Å²) in [6.45, 7) is 3.46. The van der Waals surface area contributed by atoms with Gasteiger partial charge >= 0.3 is 0 Å². The first-order valence-electron chi connectivity index (χ1n) is 10.00. The molecule has 154 valence electrons. The van der Waals surface area contributed by atoms with E-state index in [1.807, 2.05) is 24.3 Å². The number of likely N-dealkylation sites (tertiary alicyclic amines) is 1. The Hall–Kier alpha value is -2.89. The maximum absolute atomic E-state index is 13.2. The molecule has 0 bridgehead atoms. The maximum atomic E-state index is 13.2. The minimum Gasteiger partial charge on any atom is -0.497 e. The van der Waals surface area contributed by atoms with Crippen LogP contribution in [0.25, 0.3) is 0 Å². The van der Waals surface area contributed by atoms with E-state index in [1.165, 1.54) is 24.3 Å². The van der Waals surface area contributed by atoms with E-state index in [0.717, 1.165) is 24.2 Å². The minimum atomic E-state index is -0.384. The zero-order valence-corrected chi connectivity index (χ0v) is 16.9. The summed E-state index contributed by atoms with van der Waals surface area (Å²) in [7, 11) is 1.60. The third-order valence-electron chi connectivity index (χ3n) is 5.39. The summed E-state index contributed by atoms with van der Waals surface area (Å²) in [6.07, 6.45) is 1.92.